The highest BCUT2D eigenvalue weighted by Gasteiger charge is 2.12. The fourth-order valence-corrected chi connectivity index (χ4v) is 7.82. The summed E-state index contributed by atoms with van der Waals surface area (Å²) in [5.41, 5.74) is 7.41. The first kappa shape index (κ1) is 26.9. The largest absolute Gasteiger partial charge is 0.0622 e. The lowest BCUT2D eigenvalue weighted by Crippen LogP contribution is -1.86. The maximum absolute atomic E-state index is 2.39. The summed E-state index contributed by atoms with van der Waals surface area (Å²) in [4.78, 5) is 0. The van der Waals surface area contributed by atoms with Gasteiger partial charge in [0.05, 0.1) is 0 Å². The van der Waals surface area contributed by atoms with Gasteiger partial charge in [0.2, 0.25) is 0 Å². The van der Waals surface area contributed by atoms with Crippen molar-refractivity contribution in [2.45, 2.75) is 0 Å². The number of hydrogen-bond acceptors (Lipinski definition) is 0. The average Bonchev–Trinajstić information content (AvgIpc) is 3.17. The first-order valence-corrected chi connectivity index (χ1v) is 16.7. The first-order chi connectivity index (χ1) is 23.8. The van der Waals surface area contributed by atoms with Crippen LogP contribution in [0.25, 0.3) is 98.0 Å². The maximum atomic E-state index is 2.39. The van der Waals surface area contributed by atoms with Gasteiger partial charge in [-0.3, -0.25) is 0 Å². The van der Waals surface area contributed by atoms with Gasteiger partial charge in [0.15, 0.2) is 0 Å². The fourth-order valence-electron chi connectivity index (χ4n) is 7.82. The molecule has 0 N–H and O–H groups in total. The number of benzene rings is 10. The topological polar surface area (TPSA) is 0 Å². The van der Waals surface area contributed by atoms with Crippen LogP contribution in [0.3, 0.4) is 0 Å². The Morgan fingerprint density at radius 3 is 1.06 bits per heavy atom. The van der Waals surface area contributed by atoms with Crippen LogP contribution in [-0.4, -0.2) is 0 Å². The van der Waals surface area contributed by atoms with Crippen LogP contribution in [0.1, 0.15) is 0 Å². The molecule has 0 nitrogen and oxygen atoms in total. The predicted octanol–water partition coefficient (Wildman–Crippen LogP) is 13.6. The van der Waals surface area contributed by atoms with E-state index in [0.717, 1.165) is 0 Å². The standard InChI is InChI=1S/C48H30/c1-2-9-31(10-3-1)34-11-8-12-35(27-34)36-19-17-32-21-25-44-43(46(32)28-36)24-22-33-18-20-37(29-47(33)44)38-23-26-45-41-15-5-4-13-39(41)40-14-6-7-16-42(40)48(45)30-38/h1-30H. The van der Waals surface area contributed by atoms with E-state index in [1.54, 1.807) is 0 Å². The molecule has 0 radical (unpaired) electrons. The molecular formula is C48H30. The summed E-state index contributed by atoms with van der Waals surface area (Å²) in [6.45, 7) is 0. The van der Waals surface area contributed by atoms with Crippen LogP contribution in [-0.2, 0) is 0 Å². The number of rotatable bonds is 3. The Balaban J connectivity index is 1.13. The Morgan fingerprint density at radius 2 is 0.500 bits per heavy atom. The summed E-state index contributed by atoms with van der Waals surface area (Å²) in [5, 5.41) is 15.5. The molecule has 10 aromatic rings. The van der Waals surface area contributed by atoms with Crippen LogP contribution in [0.4, 0.5) is 0 Å². The molecule has 0 saturated carbocycles. The monoisotopic (exact) mass is 606 g/mol. The van der Waals surface area contributed by atoms with E-state index in [1.165, 1.54) is 98.0 Å². The van der Waals surface area contributed by atoms with Gasteiger partial charge in [-0.1, -0.05) is 158 Å². The summed E-state index contributed by atoms with van der Waals surface area (Å²) < 4.78 is 0. The molecule has 0 fully saturated rings. The first-order valence-electron chi connectivity index (χ1n) is 16.7. The smallest absolute Gasteiger partial charge is 0.00928 e. The third-order valence-electron chi connectivity index (χ3n) is 10.2. The highest BCUT2D eigenvalue weighted by molar-refractivity contribution is 6.26. The quantitative estimate of drug-likeness (QED) is 0.176. The van der Waals surface area contributed by atoms with Crippen molar-refractivity contribution in [1.82, 2.24) is 0 Å². The van der Waals surface area contributed by atoms with Gasteiger partial charge in [0.1, 0.15) is 0 Å². The van der Waals surface area contributed by atoms with Crippen LogP contribution in [0, 0.1) is 0 Å². The van der Waals surface area contributed by atoms with Gasteiger partial charge < -0.3 is 0 Å². The Labute approximate surface area is 279 Å². The fraction of sp³-hybridized carbons (Fsp3) is 0. The van der Waals surface area contributed by atoms with Gasteiger partial charge in [-0.15, -0.1) is 0 Å². The Bertz CT molecular complexity index is 2840. The van der Waals surface area contributed by atoms with Crippen LogP contribution < -0.4 is 0 Å². The van der Waals surface area contributed by atoms with E-state index in [4.69, 9.17) is 0 Å². The second-order valence-corrected chi connectivity index (χ2v) is 12.9. The van der Waals surface area contributed by atoms with Gasteiger partial charge >= 0.3 is 0 Å². The molecule has 0 saturated heterocycles. The van der Waals surface area contributed by atoms with E-state index >= 15 is 0 Å². The summed E-state index contributed by atoms with van der Waals surface area (Å²) >= 11 is 0. The van der Waals surface area contributed by atoms with Crippen molar-refractivity contribution < 1.29 is 0 Å². The molecular weight excluding hydrogens is 577 g/mol. The molecule has 0 heteroatoms. The van der Waals surface area contributed by atoms with Gasteiger partial charge in [0, 0.05) is 0 Å². The molecule has 0 aromatic heterocycles. The number of hydrogen-bond donors (Lipinski definition) is 0. The van der Waals surface area contributed by atoms with E-state index in [9.17, 15) is 0 Å². The second kappa shape index (κ2) is 10.7. The molecule has 0 aliphatic heterocycles. The molecule has 0 aliphatic rings. The lowest BCUT2D eigenvalue weighted by atomic mass is 9.90. The normalized spacial score (nSPS) is 11.8. The van der Waals surface area contributed by atoms with Crippen molar-refractivity contribution in [3.63, 3.8) is 0 Å². The van der Waals surface area contributed by atoms with E-state index in [-0.39, 0.29) is 0 Å². The minimum Gasteiger partial charge on any atom is -0.0622 e. The van der Waals surface area contributed by atoms with Crippen LogP contribution in [0.2, 0.25) is 0 Å². The minimum atomic E-state index is 1.23. The SMILES string of the molecule is c1ccc(-c2cccc(-c3ccc4ccc5c6cc(-c7ccc8c9ccccc9c9ccccc9c8c7)ccc6ccc5c4c3)c2)cc1. The molecule has 48 heavy (non-hydrogen) atoms. The third-order valence-corrected chi connectivity index (χ3v) is 10.2. The van der Waals surface area contributed by atoms with Crippen molar-refractivity contribution >= 4 is 64.6 Å². The van der Waals surface area contributed by atoms with Crippen molar-refractivity contribution in [2.75, 3.05) is 0 Å². The molecule has 0 heterocycles. The van der Waals surface area contributed by atoms with Crippen molar-refractivity contribution in [3.8, 4) is 33.4 Å². The van der Waals surface area contributed by atoms with E-state index in [0.29, 0.717) is 0 Å². The lowest BCUT2D eigenvalue weighted by molar-refractivity contribution is 1.60. The Hall–Kier alpha value is -6.24. The average molecular weight is 607 g/mol. The second-order valence-electron chi connectivity index (χ2n) is 12.9. The van der Waals surface area contributed by atoms with Gasteiger partial charge in [0.25, 0.3) is 0 Å². The molecule has 0 atom stereocenters. The minimum absolute atomic E-state index is 1.23. The Morgan fingerprint density at radius 1 is 0.167 bits per heavy atom. The summed E-state index contributed by atoms with van der Waals surface area (Å²) in [7, 11) is 0. The van der Waals surface area contributed by atoms with Crippen molar-refractivity contribution in [2.24, 2.45) is 0 Å². The van der Waals surface area contributed by atoms with Gasteiger partial charge in [-0.25, -0.2) is 0 Å². The zero-order chi connectivity index (χ0) is 31.6. The zero-order valence-electron chi connectivity index (χ0n) is 26.3. The highest BCUT2D eigenvalue weighted by atomic mass is 14.2. The maximum Gasteiger partial charge on any atom is -0.00928 e. The van der Waals surface area contributed by atoms with Gasteiger partial charge in [-0.2, -0.15) is 0 Å². The molecule has 0 bridgehead atoms. The van der Waals surface area contributed by atoms with Crippen LogP contribution >= 0.6 is 0 Å². The molecule has 0 spiro atoms. The molecule has 0 unspecified atom stereocenters. The third kappa shape index (κ3) is 4.24. The molecule has 222 valence electrons. The Kier molecular flexibility index (Phi) is 5.98. The van der Waals surface area contributed by atoms with Crippen molar-refractivity contribution in [3.05, 3.63) is 182 Å². The lowest BCUT2D eigenvalue weighted by Gasteiger charge is -2.13. The summed E-state index contributed by atoms with van der Waals surface area (Å²) in [6.07, 6.45) is 0. The van der Waals surface area contributed by atoms with E-state index in [2.05, 4.69) is 182 Å². The van der Waals surface area contributed by atoms with Crippen molar-refractivity contribution in [1.29, 1.82) is 0 Å². The number of fused-ring (bicyclic) bond motifs is 11. The summed E-state index contributed by atoms with van der Waals surface area (Å²) in [5.74, 6) is 0. The molecule has 0 amide bonds. The van der Waals surface area contributed by atoms with Crippen LogP contribution in [0.5, 0.6) is 0 Å². The highest BCUT2D eigenvalue weighted by Crippen LogP contribution is 2.39. The molecule has 10 rings (SSSR count). The van der Waals surface area contributed by atoms with Gasteiger partial charge in [-0.05, 0) is 122 Å². The predicted molar refractivity (Wildman–Crippen MR) is 208 cm³/mol. The van der Waals surface area contributed by atoms with Crippen LogP contribution in [0.15, 0.2) is 182 Å². The zero-order valence-corrected chi connectivity index (χ0v) is 26.3. The van der Waals surface area contributed by atoms with E-state index in [1.807, 2.05) is 0 Å². The molecule has 0 aliphatic carbocycles. The molecule has 10 aromatic carbocycles. The summed E-state index contributed by atoms with van der Waals surface area (Å²) in [6, 6.07) is 67.1. The van der Waals surface area contributed by atoms with E-state index < -0.39 is 0 Å².